The highest BCUT2D eigenvalue weighted by Gasteiger charge is 2.18. The van der Waals surface area contributed by atoms with E-state index in [0.717, 1.165) is 12.3 Å². The van der Waals surface area contributed by atoms with Gasteiger partial charge in [0.25, 0.3) is 0 Å². The Balaban J connectivity index is 1.85. The zero-order valence-electron chi connectivity index (χ0n) is 14.0. The van der Waals surface area contributed by atoms with Crippen molar-refractivity contribution in [1.82, 2.24) is 5.43 Å². The van der Waals surface area contributed by atoms with Crippen LogP contribution in [0.25, 0.3) is 0 Å². The molecule has 2 heteroatoms. The lowest BCUT2D eigenvalue weighted by Crippen LogP contribution is -2.37. The normalized spacial score (nSPS) is 18.1. The number of hydrogen-bond donors (Lipinski definition) is 2. The Hall–Kier alpha value is -0.860. The van der Waals surface area contributed by atoms with Crippen LogP contribution in [-0.2, 0) is 11.8 Å². The molecule has 0 aromatic heterocycles. The molecule has 1 aliphatic rings. The number of hydrogen-bond acceptors (Lipinski definition) is 2. The van der Waals surface area contributed by atoms with Gasteiger partial charge in [0.1, 0.15) is 0 Å². The molecule has 0 bridgehead atoms. The fourth-order valence-electron chi connectivity index (χ4n) is 3.41. The first kappa shape index (κ1) is 16.5. The summed E-state index contributed by atoms with van der Waals surface area (Å²) in [6.45, 7) is 6.77. The van der Waals surface area contributed by atoms with Crippen LogP contribution in [0.15, 0.2) is 24.3 Å². The van der Waals surface area contributed by atoms with Crippen LogP contribution in [0, 0.1) is 5.92 Å². The van der Waals surface area contributed by atoms with E-state index in [-0.39, 0.29) is 5.41 Å². The van der Waals surface area contributed by atoms with E-state index >= 15 is 0 Å². The molecular formula is C19H32N2. The van der Waals surface area contributed by atoms with Crippen molar-refractivity contribution >= 4 is 0 Å². The molecule has 2 nitrogen and oxygen atoms in total. The quantitative estimate of drug-likeness (QED) is 0.604. The van der Waals surface area contributed by atoms with Crippen LogP contribution in [-0.4, -0.2) is 6.04 Å². The molecule has 0 heterocycles. The Morgan fingerprint density at radius 1 is 1.14 bits per heavy atom. The van der Waals surface area contributed by atoms with Gasteiger partial charge in [-0.3, -0.25) is 11.3 Å². The lowest BCUT2D eigenvalue weighted by molar-refractivity contribution is 0.407. The van der Waals surface area contributed by atoms with Crippen LogP contribution in [0.2, 0.25) is 0 Å². The largest absolute Gasteiger partial charge is 0.271 e. The Kier molecular flexibility index (Phi) is 5.83. The van der Waals surface area contributed by atoms with Crippen LogP contribution < -0.4 is 11.3 Å². The minimum Gasteiger partial charge on any atom is -0.271 e. The third-order valence-corrected chi connectivity index (χ3v) is 4.94. The van der Waals surface area contributed by atoms with Crippen LogP contribution in [0.1, 0.15) is 70.4 Å². The Morgan fingerprint density at radius 2 is 1.76 bits per heavy atom. The van der Waals surface area contributed by atoms with Crippen molar-refractivity contribution in [3.8, 4) is 0 Å². The minimum atomic E-state index is 0.229. The van der Waals surface area contributed by atoms with E-state index in [1.807, 2.05) is 0 Å². The maximum Gasteiger partial charge on any atom is 0.0251 e. The van der Waals surface area contributed by atoms with E-state index in [1.54, 1.807) is 0 Å². The van der Waals surface area contributed by atoms with Gasteiger partial charge in [-0.1, -0.05) is 70.7 Å². The van der Waals surface area contributed by atoms with E-state index in [9.17, 15) is 0 Å². The summed E-state index contributed by atoms with van der Waals surface area (Å²) in [4.78, 5) is 0. The summed E-state index contributed by atoms with van der Waals surface area (Å²) in [5, 5.41) is 0. The molecule has 1 unspecified atom stereocenters. The molecule has 0 aliphatic heterocycles. The molecule has 0 spiro atoms. The smallest absolute Gasteiger partial charge is 0.0251 e. The SMILES string of the molecule is CC(C)(C)c1ccc(CC(CCC2CCCC2)NN)cc1. The zero-order chi connectivity index (χ0) is 15.3. The number of nitrogens with one attached hydrogen (secondary N) is 1. The Morgan fingerprint density at radius 3 is 2.29 bits per heavy atom. The minimum absolute atomic E-state index is 0.229. The maximum absolute atomic E-state index is 5.75. The molecule has 0 saturated heterocycles. The average molecular weight is 288 g/mol. The molecule has 0 amide bonds. The predicted octanol–water partition coefficient (Wildman–Crippen LogP) is 4.33. The topological polar surface area (TPSA) is 38.0 Å². The first-order chi connectivity index (χ1) is 9.99. The number of nitrogens with two attached hydrogens (primary N) is 1. The second kappa shape index (κ2) is 7.42. The van der Waals surface area contributed by atoms with Gasteiger partial charge in [0.15, 0.2) is 0 Å². The first-order valence-electron chi connectivity index (χ1n) is 8.54. The molecule has 1 saturated carbocycles. The van der Waals surface area contributed by atoms with E-state index in [2.05, 4.69) is 50.5 Å². The molecule has 1 aliphatic carbocycles. The molecule has 1 aromatic carbocycles. The van der Waals surface area contributed by atoms with E-state index < -0.39 is 0 Å². The highest BCUT2D eigenvalue weighted by molar-refractivity contribution is 5.27. The van der Waals surface area contributed by atoms with Crippen molar-refractivity contribution in [3.63, 3.8) is 0 Å². The van der Waals surface area contributed by atoms with Gasteiger partial charge >= 0.3 is 0 Å². The Bertz CT molecular complexity index is 410. The summed E-state index contributed by atoms with van der Waals surface area (Å²) in [6.07, 6.45) is 9.28. The van der Waals surface area contributed by atoms with Crippen molar-refractivity contribution < 1.29 is 0 Å². The van der Waals surface area contributed by atoms with Gasteiger partial charge in [-0.05, 0) is 41.7 Å². The van der Waals surface area contributed by atoms with Gasteiger partial charge in [0, 0.05) is 6.04 Å². The summed E-state index contributed by atoms with van der Waals surface area (Å²) in [7, 11) is 0. The average Bonchev–Trinajstić information content (AvgIpc) is 2.96. The molecule has 2 rings (SSSR count). The second-order valence-corrected chi connectivity index (χ2v) is 7.74. The molecule has 1 atom stereocenters. The fourth-order valence-corrected chi connectivity index (χ4v) is 3.41. The van der Waals surface area contributed by atoms with Crippen LogP contribution in [0.5, 0.6) is 0 Å². The molecule has 118 valence electrons. The van der Waals surface area contributed by atoms with Crippen molar-refractivity contribution in [1.29, 1.82) is 0 Å². The second-order valence-electron chi connectivity index (χ2n) is 7.74. The van der Waals surface area contributed by atoms with Crippen LogP contribution in [0.4, 0.5) is 0 Å². The molecule has 3 N–H and O–H groups in total. The van der Waals surface area contributed by atoms with Crippen LogP contribution >= 0.6 is 0 Å². The third kappa shape index (κ3) is 5.12. The number of rotatable bonds is 6. The lowest BCUT2D eigenvalue weighted by Gasteiger charge is -2.21. The molecule has 0 radical (unpaired) electrons. The van der Waals surface area contributed by atoms with Crippen LogP contribution in [0.3, 0.4) is 0 Å². The number of benzene rings is 1. The molecule has 1 aromatic rings. The number of hydrazine groups is 1. The predicted molar refractivity (Wildman–Crippen MR) is 91.1 cm³/mol. The highest BCUT2D eigenvalue weighted by Crippen LogP contribution is 2.29. The maximum atomic E-state index is 5.75. The van der Waals surface area contributed by atoms with Gasteiger partial charge in [0.05, 0.1) is 0 Å². The van der Waals surface area contributed by atoms with Gasteiger partial charge in [-0.25, -0.2) is 0 Å². The molecule has 21 heavy (non-hydrogen) atoms. The fraction of sp³-hybridized carbons (Fsp3) is 0.684. The summed E-state index contributed by atoms with van der Waals surface area (Å²) in [5.74, 6) is 6.70. The van der Waals surface area contributed by atoms with E-state index in [1.165, 1.54) is 49.7 Å². The van der Waals surface area contributed by atoms with Crippen molar-refractivity contribution in [2.45, 2.75) is 77.2 Å². The van der Waals surface area contributed by atoms with Crippen molar-refractivity contribution in [3.05, 3.63) is 35.4 Å². The molecule has 1 fully saturated rings. The summed E-state index contributed by atoms with van der Waals surface area (Å²) < 4.78 is 0. The summed E-state index contributed by atoms with van der Waals surface area (Å²) >= 11 is 0. The van der Waals surface area contributed by atoms with E-state index in [0.29, 0.717) is 6.04 Å². The monoisotopic (exact) mass is 288 g/mol. The highest BCUT2D eigenvalue weighted by atomic mass is 15.2. The summed E-state index contributed by atoms with van der Waals surface area (Å²) in [5.41, 5.74) is 6.03. The van der Waals surface area contributed by atoms with Gasteiger partial charge < -0.3 is 0 Å². The first-order valence-corrected chi connectivity index (χ1v) is 8.54. The van der Waals surface area contributed by atoms with Gasteiger partial charge in [0.2, 0.25) is 0 Å². The summed E-state index contributed by atoms with van der Waals surface area (Å²) in [6, 6.07) is 9.46. The molecular weight excluding hydrogens is 256 g/mol. The third-order valence-electron chi connectivity index (χ3n) is 4.94. The zero-order valence-corrected chi connectivity index (χ0v) is 14.0. The van der Waals surface area contributed by atoms with Gasteiger partial charge in [-0.2, -0.15) is 0 Å². The van der Waals surface area contributed by atoms with E-state index in [4.69, 9.17) is 5.84 Å². The van der Waals surface area contributed by atoms with Crippen molar-refractivity contribution in [2.24, 2.45) is 11.8 Å². The standard InChI is InChI=1S/C19H32N2/c1-19(2,3)17-11-8-16(9-12-17)14-18(21-20)13-10-15-6-4-5-7-15/h8-9,11-12,15,18,21H,4-7,10,13-14,20H2,1-3H3. The lowest BCUT2D eigenvalue weighted by atomic mass is 9.86. The Labute approximate surface area is 130 Å². The van der Waals surface area contributed by atoms with Gasteiger partial charge in [-0.15, -0.1) is 0 Å². The van der Waals surface area contributed by atoms with Crippen molar-refractivity contribution in [2.75, 3.05) is 0 Å².